The van der Waals surface area contributed by atoms with Gasteiger partial charge in [-0.25, -0.2) is 4.79 Å². The van der Waals surface area contributed by atoms with Crippen molar-refractivity contribution in [3.8, 4) is 5.75 Å². The maximum atomic E-state index is 10.7. The van der Waals surface area contributed by atoms with Gasteiger partial charge in [0.2, 0.25) is 0 Å². The van der Waals surface area contributed by atoms with Gasteiger partial charge in [0.25, 0.3) is 0 Å². The van der Waals surface area contributed by atoms with E-state index in [1.165, 1.54) is 11.1 Å². The maximum Gasteiger partial charge on any atom is 0.341 e. The highest BCUT2D eigenvalue weighted by Crippen LogP contribution is 2.30. The molecule has 162 valence electrons. The topological polar surface area (TPSA) is 77.2 Å². The third-order valence-corrected chi connectivity index (χ3v) is 5.20. The molecule has 6 heteroatoms. The molecule has 0 aliphatic rings. The van der Waals surface area contributed by atoms with Gasteiger partial charge in [0.15, 0.2) is 6.61 Å². The van der Waals surface area contributed by atoms with Crippen molar-refractivity contribution in [3.63, 3.8) is 0 Å². The molecule has 32 heavy (non-hydrogen) atoms. The Hall–Kier alpha value is -3.93. The van der Waals surface area contributed by atoms with Gasteiger partial charge in [-0.1, -0.05) is 72.8 Å². The lowest BCUT2D eigenvalue weighted by Crippen LogP contribution is -2.09. The normalized spacial score (nSPS) is 10.9. The van der Waals surface area contributed by atoms with Gasteiger partial charge in [-0.15, -0.1) is 0 Å². The van der Waals surface area contributed by atoms with Crippen molar-refractivity contribution in [1.29, 1.82) is 0 Å². The van der Waals surface area contributed by atoms with E-state index in [2.05, 4.69) is 29.4 Å². The molecule has 0 spiro atoms. The molecule has 0 radical (unpaired) electrons. The Morgan fingerprint density at radius 3 is 2.28 bits per heavy atom. The van der Waals surface area contributed by atoms with E-state index in [9.17, 15) is 4.79 Å². The Bertz CT molecular complexity index is 1100. The standard InChI is InChI=1S/C26H25N3O3/c30-25(31)19-32-23-15-7-9-20(17-23)10-8-16-29-27-18-24(28-29)26(21-11-3-1-4-12-21)22-13-5-2-6-14-22/h1-7,9,11-15,17-18,26H,8,10,16,19H2,(H,30,31). The first kappa shape index (κ1) is 21.3. The SMILES string of the molecule is O=C(O)COc1cccc(CCCn2ncc(C(c3ccccc3)c3ccccc3)n2)c1. The zero-order valence-electron chi connectivity index (χ0n) is 17.7. The summed E-state index contributed by atoms with van der Waals surface area (Å²) in [6.07, 6.45) is 3.53. The highest BCUT2D eigenvalue weighted by Gasteiger charge is 2.19. The quantitative estimate of drug-likeness (QED) is 0.402. The van der Waals surface area contributed by atoms with Crippen LogP contribution in [0.15, 0.2) is 91.1 Å². The average molecular weight is 428 g/mol. The minimum atomic E-state index is -0.986. The first-order valence-corrected chi connectivity index (χ1v) is 10.6. The van der Waals surface area contributed by atoms with Crippen molar-refractivity contribution in [3.05, 3.63) is 114 Å². The molecule has 4 rings (SSSR count). The molecule has 0 atom stereocenters. The van der Waals surface area contributed by atoms with Gasteiger partial charge in [0, 0.05) is 0 Å². The van der Waals surface area contributed by atoms with Crippen molar-refractivity contribution < 1.29 is 14.6 Å². The first-order chi connectivity index (χ1) is 15.7. The number of rotatable bonds is 10. The van der Waals surface area contributed by atoms with Gasteiger partial charge >= 0.3 is 5.97 Å². The van der Waals surface area contributed by atoms with Gasteiger partial charge in [0.05, 0.1) is 24.4 Å². The van der Waals surface area contributed by atoms with Crippen LogP contribution in [0.4, 0.5) is 0 Å². The zero-order valence-corrected chi connectivity index (χ0v) is 17.7. The van der Waals surface area contributed by atoms with Crippen LogP contribution in [-0.2, 0) is 17.8 Å². The van der Waals surface area contributed by atoms with E-state index in [1.54, 1.807) is 10.9 Å². The molecule has 1 aromatic heterocycles. The fourth-order valence-corrected chi connectivity index (χ4v) is 3.74. The van der Waals surface area contributed by atoms with Crippen LogP contribution in [-0.4, -0.2) is 32.7 Å². The largest absolute Gasteiger partial charge is 0.482 e. The molecule has 1 N–H and O–H groups in total. The number of carboxylic acids is 1. The minimum absolute atomic E-state index is 0.0363. The minimum Gasteiger partial charge on any atom is -0.482 e. The van der Waals surface area contributed by atoms with E-state index >= 15 is 0 Å². The van der Waals surface area contributed by atoms with Crippen LogP contribution in [0.3, 0.4) is 0 Å². The van der Waals surface area contributed by atoms with E-state index in [1.807, 2.05) is 60.8 Å². The average Bonchev–Trinajstić information content (AvgIpc) is 3.28. The number of hydrogen-bond acceptors (Lipinski definition) is 4. The predicted molar refractivity (Wildman–Crippen MR) is 122 cm³/mol. The van der Waals surface area contributed by atoms with Crippen LogP contribution in [0.25, 0.3) is 0 Å². The molecule has 4 aromatic rings. The summed E-state index contributed by atoms with van der Waals surface area (Å²) >= 11 is 0. The van der Waals surface area contributed by atoms with Crippen molar-refractivity contribution in [2.75, 3.05) is 6.61 Å². The zero-order chi connectivity index (χ0) is 22.2. The van der Waals surface area contributed by atoms with Crippen LogP contribution < -0.4 is 4.74 Å². The fourth-order valence-electron chi connectivity index (χ4n) is 3.74. The van der Waals surface area contributed by atoms with E-state index in [0.29, 0.717) is 12.3 Å². The summed E-state index contributed by atoms with van der Waals surface area (Å²) in [5.74, 6) is -0.382. The van der Waals surface area contributed by atoms with Crippen molar-refractivity contribution in [2.24, 2.45) is 0 Å². The summed E-state index contributed by atoms with van der Waals surface area (Å²) in [7, 11) is 0. The molecule has 0 unspecified atom stereocenters. The van der Waals surface area contributed by atoms with Crippen molar-refractivity contribution in [2.45, 2.75) is 25.3 Å². The third kappa shape index (κ3) is 5.60. The monoisotopic (exact) mass is 427 g/mol. The van der Waals surface area contributed by atoms with Gasteiger partial charge in [-0.3, -0.25) is 0 Å². The predicted octanol–water partition coefficient (Wildman–Crippen LogP) is 4.55. The number of aryl methyl sites for hydroxylation is 2. The van der Waals surface area contributed by atoms with Crippen molar-refractivity contribution in [1.82, 2.24) is 15.0 Å². The smallest absolute Gasteiger partial charge is 0.341 e. The Morgan fingerprint density at radius 1 is 0.938 bits per heavy atom. The van der Waals surface area contributed by atoms with Crippen LogP contribution in [0, 0.1) is 0 Å². The number of hydrogen-bond donors (Lipinski definition) is 1. The van der Waals surface area contributed by atoms with E-state index < -0.39 is 5.97 Å². The molecular formula is C26H25N3O3. The number of carbonyl (C=O) groups is 1. The van der Waals surface area contributed by atoms with Crippen LogP contribution in [0.1, 0.15) is 34.7 Å². The molecule has 0 aliphatic heterocycles. The number of benzene rings is 3. The Morgan fingerprint density at radius 2 is 1.62 bits per heavy atom. The molecule has 6 nitrogen and oxygen atoms in total. The van der Waals surface area contributed by atoms with E-state index in [0.717, 1.165) is 24.1 Å². The van der Waals surface area contributed by atoms with Crippen LogP contribution in [0.5, 0.6) is 5.75 Å². The lowest BCUT2D eigenvalue weighted by molar-refractivity contribution is -0.139. The first-order valence-electron chi connectivity index (χ1n) is 10.6. The summed E-state index contributed by atoms with van der Waals surface area (Å²) in [5, 5.41) is 18.0. The summed E-state index contributed by atoms with van der Waals surface area (Å²) in [4.78, 5) is 12.4. The summed E-state index contributed by atoms with van der Waals surface area (Å²) in [6.45, 7) is 0.351. The number of nitrogens with zero attached hydrogens (tertiary/aromatic N) is 3. The molecule has 0 saturated heterocycles. The van der Waals surface area contributed by atoms with Gasteiger partial charge < -0.3 is 9.84 Å². The Labute approximate surface area is 187 Å². The second-order valence-corrected chi connectivity index (χ2v) is 7.55. The second-order valence-electron chi connectivity index (χ2n) is 7.55. The second kappa shape index (κ2) is 10.4. The van der Waals surface area contributed by atoms with Crippen molar-refractivity contribution >= 4 is 5.97 Å². The molecule has 0 fully saturated rings. The summed E-state index contributed by atoms with van der Waals surface area (Å²) in [5.41, 5.74) is 4.38. The van der Waals surface area contributed by atoms with E-state index in [4.69, 9.17) is 14.9 Å². The Kier molecular flexibility index (Phi) is 6.92. The van der Waals surface area contributed by atoms with Gasteiger partial charge in [0.1, 0.15) is 5.75 Å². The van der Waals surface area contributed by atoms with Gasteiger partial charge in [-0.05, 0) is 41.7 Å². The summed E-state index contributed by atoms with van der Waals surface area (Å²) in [6, 6.07) is 28.2. The molecule has 0 saturated carbocycles. The van der Waals surface area contributed by atoms with Gasteiger partial charge in [-0.2, -0.15) is 15.0 Å². The van der Waals surface area contributed by atoms with E-state index in [-0.39, 0.29) is 12.5 Å². The fraction of sp³-hybridized carbons (Fsp3) is 0.192. The molecule has 0 amide bonds. The molecule has 0 bridgehead atoms. The summed E-state index contributed by atoms with van der Waals surface area (Å²) < 4.78 is 5.26. The maximum absolute atomic E-state index is 10.7. The lowest BCUT2D eigenvalue weighted by atomic mass is 9.89. The molecular weight excluding hydrogens is 402 g/mol. The number of ether oxygens (including phenoxy) is 1. The lowest BCUT2D eigenvalue weighted by Gasteiger charge is -2.15. The molecule has 3 aromatic carbocycles. The number of aromatic nitrogens is 3. The highest BCUT2D eigenvalue weighted by atomic mass is 16.5. The van der Waals surface area contributed by atoms with Crippen LogP contribution in [0.2, 0.25) is 0 Å². The number of carboxylic acid groups (broad SMARTS) is 1. The Balaban J connectivity index is 1.42. The van der Waals surface area contributed by atoms with Crippen LogP contribution >= 0.6 is 0 Å². The molecule has 1 heterocycles. The number of aliphatic carboxylic acids is 1. The third-order valence-electron chi connectivity index (χ3n) is 5.20. The highest BCUT2D eigenvalue weighted by molar-refractivity contribution is 5.68. The molecule has 0 aliphatic carbocycles.